The molecule has 0 bridgehead atoms. The van der Waals surface area contributed by atoms with E-state index in [1.807, 2.05) is 42.5 Å². The van der Waals surface area contributed by atoms with E-state index >= 15 is 0 Å². The average Bonchev–Trinajstić information content (AvgIpc) is 3.42. The zero-order valence-electron chi connectivity index (χ0n) is 20.7. The molecule has 2 aromatic heterocycles. The molecule has 1 aliphatic rings. The highest BCUT2D eigenvalue weighted by Gasteiger charge is 2.20. The largest absolute Gasteiger partial charge is 0.378 e. The first-order valence-corrected chi connectivity index (χ1v) is 12.1. The molecule has 38 heavy (non-hydrogen) atoms. The molecule has 1 fully saturated rings. The number of primary amides is 1. The Morgan fingerprint density at radius 3 is 2.63 bits per heavy atom. The third-order valence-electron chi connectivity index (χ3n) is 6.13. The highest BCUT2D eigenvalue weighted by atomic mass is 16.5. The Balaban J connectivity index is 1.40. The molecule has 11 nitrogen and oxygen atoms in total. The minimum atomic E-state index is -0.640. The molecular formula is C27H28N8O3. The number of carbonyl (C=O) groups excluding carboxylic acids is 2. The molecule has 2 aromatic carbocycles. The van der Waals surface area contributed by atoms with Crippen molar-refractivity contribution in [2.75, 3.05) is 47.2 Å². The van der Waals surface area contributed by atoms with Crippen LogP contribution >= 0.6 is 0 Å². The fourth-order valence-electron chi connectivity index (χ4n) is 4.27. The van der Waals surface area contributed by atoms with Crippen LogP contribution in [0.2, 0.25) is 0 Å². The predicted octanol–water partition coefficient (Wildman–Crippen LogP) is 3.15. The number of amides is 2. The van der Waals surface area contributed by atoms with Gasteiger partial charge in [-0.3, -0.25) is 14.0 Å². The molecule has 4 aromatic rings. The minimum absolute atomic E-state index is 0.187. The van der Waals surface area contributed by atoms with Crippen LogP contribution < -0.4 is 26.6 Å². The molecule has 0 atom stereocenters. The zero-order valence-corrected chi connectivity index (χ0v) is 20.7. The Kier molecular flexibility index (Phi) is 7.18. The fraction of sp³-hybridized carbons (Fsp3) is 0.185. The topological polar surface area (TPSA) is 139 Å². The van der Waals surface area contributed by atoms with Crippen molar-refractivity contribution < 1.29 is 14.3 Å². The van der Waals surface area contributed by atoms with Crippen molar-refractivity contribution in [1.29, 1.82) is 0 Å². The van der Waals surface area contributed by atoms with Crippen LogP contribution in [0.4, 0.5) is 28.8 Å². The van der Waals surface area contributed by atoms with E-state index in [1.165, 1.54) is 6.08 Å². The minimum Gasteiger partial charge on any atom is -0.378 e. The van der Waals surface area contributed by atoms with Gasteiger partial charge in [-0.25, -0.2) is 4.98 Å². The molecular weight excluding hydrogens is 484 g/mol. The molecule has 11 heteroatoms. The Labute approximate surface area is 219 Å². The summed E-state index contributed by atoms with van der Waals surface area (Å²) in [6, 6.07) is 15.3. The second-order valence-corrected chi connectivity index (χ2v) is 8.66. The lowest BCUT2D eigenvalue weighted by Crippen LogP contribution is -2.36. The molecule has 5 rings (SSSR count). The normalized spacial score (nSPS) is 13.2. The van der Waals surface area contributed by atoms with E-state index in [-0.39, 0.29) is 11.5 Å². The van der Waals surface area contributed by atoms with Gasteiger partial charge < -0.3 is 31.3 Å². The van der Waals surface area contributed by atoms with Gasteiger partial charge in [-0.2, -0.15) is 4.98 Å². The number of benzene rings is 2. The second kappa shape index (κ2) is 11.0. The van der Waals surface area contributed by atoms with E-state index in [0.717, 1.165) is 30.0 Å². The smallest absolute Gasteiger partial charge is 0.256 e. The number of hydrogen-bond donors (Lipinski definition) is 4. The SMILES string of the molecule is C=CC(=O)Nc1cccc(CNc2nc(Nc3ccc(N4CCOCC4)cc3)c(C(N)=O)c3nccn23)c1. The first-order valence-electron chi connectivity index (χ1n) is 12.1. The van der Waals surface area contributed by atoms with Crippen LogP contribution in [0.15, 0.2) is 73.6 Å². The number of fused-ring (bicyclic) bond motifs is 1. The summed E-state index contributed by atoms with van der Waals surface area (Å²) in [5.41, 5.74) is 9.73. The summed E-state index contributed by atoms with van der Waals surface area (Å²) in [6.45, 7) is 6.98. The summed E-state index contributed by atoms with van der Waals surface area (Å²) in [7, 11) is 0. The first-order chi connectivity index (χ1) is 18.5. The molecule has 1 saturated heterocycles. The van der Waals surface area contributed by atoms with Crippen LogP contribution in [0.5, 0.6) is 0 Å². The number of rotatable bonds is 9. The Bertz CT molecular complexity index is 1480. The lowest BCUT2D eigenvalue weighted by molar-refractivity contribution is -0.111. The van der Waals surface area contributed by atoms with Gasteiger partial charge in [0.05, 0.1) is 13.2 Å². The van der Waals surface area contributed by atoms with E-state index in [2.05, 4.69) is 32.4 Å². The number of nitrogens with one attached hydrogen (secondary N) is 3. The number of nitrogens with zero attached hydrogens (tertiary/aromatic N) is 4. The molecule has 194 valence electrons. The van der Waals surface area contributed by atoms with Crippen LogP contribution in [0.25, 0.3) is 5.65 Å². The van der Waals surface area contributed by atoms with Crippen LogP contribution in [0.1, 0.15) is 15.9 Å². The van der Waals surface area contributed by atoms with Crippen LogP contribution in [0, 0.1) is 0 Å². The highest BCUT2D eigenvalue weighted by Crippen LogP contribution is 2.27. The van der Waals surface area contributed by atoms with Crippen molar-refractivity contribution in [2.24, 2.45) is 5.73 Å². The van der Waals surface area contributed by atoms with Crippen LogP contribution in [-0.4, -0.2) is 52.5 Å². The van der Waals surface area contributed by atoms with E-state index < -0.39 is 5.91 Å². The maximum Gasteiger partial charge on any atom is 0.256 e. The van der Waals surface area contributed by atoms with Gasteiger partial charge in [0.15, 0.2) is 11.5 Å². The molecule has 0 aliphatic carbocycles. The number of hydrogen-bond acceptors (Lipinski definition) is 8. The molecule has 5 N–H and O–H groups in total. The molecule has 0 unspecified atom stereocenters. The molecule has 3 heterocycles. The highest BCUT2D eigenvalue weighted by molar-refractivity contribution is 6.04. The average molecular weight is 513 g/mol. The standard InChI is InChI=1S/C27H28N8O3/c1-2-22(36)31-20-5-3-4-18(16-20)17-30-27-33-25(23(24(28)37)26-29-10-11-35(26)27)32-19-6-8-21(9-7-19)34-12-14-38-15-13-34/h2-11,16,32H,1,12-15,17H2,(H2,28,37)(H,30,33)(H,31,36). The van der Waals surface area contributed by atoms with Crippen LogP contribution in [0.3, 0.4) is 0 Å². The molecule has 1 aliphatic heterocycles. The molecule has 0 spiro atoms. The first kappa shape index (κ1) is 24.8. The summed E-state index contributed by atoms with van der Waals surface area (Å²) in [5, 5.41) is 9.28. The number of anilines is 5. The van der Waals surface area contributed by atoms with Gasteiger partial charge >= 0.3 is 0 Å². The zero-order chi connectivity index (χ0) is 26.5. The number of ether oxygens (including phenoxy) is 1. The van der Waals surface area contributed by atoms with Gasteiger partial charge in [0.1, 0.15) is 5.56 Å². The maximum absolute atomic E-state index is 12.4. The summed E-state index contributed by atoms with van der Waals surface area (Å²) >= 11 is 0. The number of imidazole rings is 1. The van der Waals surface area contributed by atoms with Crippen LogP contribution in [-0.2, 0) is 16.1 Å². The van der Waals surface area contributed by atoms with Gasteiger partial charge in [0.2, 0.25) is 11.9 Å². The van der Waals surface area contributed by atoms with Crippen molar-refractivity contribution in [3.63, 3.8) is 0 Å². The van der Waals surface area contributed by atoms with Crippen molar-refractivity contribution in [3.05, 3.63) is 84.7 Å². The number of carbonyl (C=O) groups is 2. The van der Waals surface area contributed by atoms with E-state index in [0.29, 0.717) is 42.9 Å². The van der Waals surface area contributed by atoms with Crippen molar-refractivity contribution >= 4 is 46.3 Å². The lowest BCUT2D eigenvalue weighted by atomic mass is 10.2. The Morgan fingerprint density at radius 1 is 1.11 bits per heavy atom. The Morgan fingerprint density at radius 2 is 1.89 bits per heavy atom. The summed E-state index contributed by atoms with van der Waals surface area (Å²) in [6.07, 6.45) is 4.51. The molecule has 2 amide bonds. The number of nitrogens with two attached hydrogens (primary N) is 1. The van der Waals surface area contributed by atoms with Crippen molar-refractivity contribution in [2.45, 2.75) is 6.54 Å². The molecule has 0 saturated carbocycles. The number of morpholine rings is 1. The summed E-state index contributed by atoms with van der Waals surface area (Å²) < 4.78 is 7.11. The fourth-order valence-corrected chi connectivity index (χ4v) is 4.27. The Hall–Kier alpha value is -4.90. The maximum atomic E-state index is 12.4. The second-order valence-electron chi connectivity index (χ2n) is 8.66. The van der Waals surface area contributed by atoms with Crippen molar-refractivity contribution in [1.82, 2.24) is 14.4 Å². The van der Waals surface area contributed by atoms with E-state index in [4.69, 9.17) is 15.5 Å². The lowest BCUT2D eigenvalue weighted by Gasteiger charge is -2.29. The molecule has 0 radical (unpaired) electrons. The third-order valence-corrected chi connectivity index (χ3v) is 6.13. The van der Waals surface area contributed by atoms with Gasteiger partial charge in [-0.05, 0) is 48.0 Å². The summed E-state index contributed by atoms with van der Waals surface area (Å²) in [4.78, 5) is 35.4. The van der Waals surface area contributed by atoms with Gasteiger partial charge in [-0.1, -0.05) is 18.7 Å². The van der Waals surface area contributed by atoms with Gasteiger partial charge in [-0.15, -0.1) is 0 Å². The van der Waals surface area contributed by atoms with E-state index in [1.54, 1.807) is 22.9 Å². The van der Waals surface area contributed by atoms with Gasteiger partial charge in [0, 0.05) is 49.1 Å². The van der Waals surface area contributed by atoms with Gasteiger partial charge in [0.25, 0.3) is 5.91 Å². The third kappa shape index (κ3) is 5.42. The van der Waals surface area contributed by atoms with Crippen molar-refractivity contribution in [3.8, 4) is 0 Å². The monoisotopic (exact) mass is 512 g/mol. The predicted molar refractivity (Wildman–Crippen MR) is 147 cm³/mol. The van der Waals surface area contributed by atoms with E-state index in [9.17, 15) is 9.59 Å². The summed E-state index contributed by atoms with van der Waals surface area (Å²) in [5.74, 6) is -0.161. The number of aromatic nitrogens is 3. The quantitative estimate of drug-likeness (QED) is 0.251.